The van der Waals surface area contributed by atoms with E-state index in [1.165, 1.54) is 0 Å². The van der Waals surface area contributed by atoms with Crippen molar-refractivity contribution >= 4 is 0 Å². The van der Waals surface area contributed by atoms with Gasteiger partial charge in [0.05, 0.1) is 12.7 Å². The van der Waals surface area contributed by atoms with Crippen molar-refractivity contribution in [2.45, 2.75) is 40.2 Å². The van der Waals surface area contributed by atoms with Crippen LogP contribution in [0.15, 0.2) is 12.2 Å². The summed E-state index contributed by atoms with van der Waals surface area (Å²) in [7, 11) is 0. The van der Waals surface area contributed by atoms with Crippen LogP contribution >= 0.6 is 0 Å². The molecule has 0 rings (SSSR count). The van der Waals surface area contributed by atoms with Crippen LogP contribution in [0, 0.1) is 5.92 Å². The fourth-order valence-corrected chi connectivity index (χ4v) is 0.684. The third-order valence-electron chi connectivity index (χ3n) is 1.30. The van der Waals surface area contributed by atoms with Gasteiger partial charge >= 0.3 is 0 Å². The standard InChI is InChI=1S/C10H20O/c1-9(2)7-5-6-8-11-10(3)4/h5-6,9-10H,7-8H2,1-4H3/b6-5+. The highest BCUT2D eigenvalue weighted by molar-refractivity contribution is 4.82. The van der Waals surface area contributed by atoms with Crippen LogP contribution in [-0.2, 0) is 4.74 Å². The lowest BCUT2D eigenvalue weighted by atomic mass is 10.1. The van der Waals surface area contributed by atoms with Crippen LogP contribution in [0.25, 0.3) is 0 Å². The van der Waals surface area contributed by atoms with Crippen LogP contribution in [0.2, 0.25) is 0 Å². The number of allylic oxidation sites excluding steroid dienone is 1. The van der Waals surface area contributed by atoms with E-state index in [2.05, 4.69) is 39.8 Å². The van der Waals surface area contributed by atoms with Gasteiger partial charge in [-0.1, -0.05) is 26.0 Å². The molecule has 0 aliphatic heterocycles. The molecule has 11 heavy (non-hydrogen) atoms. The first-order valence-corrected chi connectivity index (χ1v) is 4.39. The fourth-order valence-electron chi connectivity index (χ4n) is 0.684. The van der Waals surface area contributed by atoms with E-state index in [1.54, 1.807) is 0 Å². The molecule has 0 aliphatic rings. The lowest BCUT2D eigenvalue weighted by Crippen LogP contribution is -2.01. The minimum atomic E-state index is 0.346. The maximum Gasteiger partial charge on any atom is 0.0650 e. The second-order valence-corrected chi connectivity index (χ2v) is 3.48. The van der Waals surface area contributed by atoms with E-state index in [4.69, 9.17) is 4.74 Å². The van der Waals surface area contributed by atoms with E-state index in [0.29, 0.717) is 6.10 Å². The zero-order chi connectivity index (χ0) is 8.69. The van der Waals surface area contributed by atoms with E-state index >= 15 is 0 Å². The van der Waals surface area contributed by atoms with Gasteiger partial charge in [0, 0.05) is 0 Å². The van der Waals surface area contributed by atoms with Crippen LogP contribution in [0.3, 0.4) is 0 Å². The highest BCUT2D eigenvalue weighted by Crippen LogP contribution is 1.99. The van der Waals surface area contributed by atoms with Gasteiger partial charge in [0.1, 0.15) is 0 Å². The van der Waals surface area contributed by atoms with Gasteiger partial charge in [-0.3, -0.25) is 0 Å². The Morgan fingerprint density at radius 1 is 1.09 bits per heavy atom. The second kappa shape index (κ2) is 6.41. The molecule has 0 unspecified atom stereocenters. The summed E-state index contributed by atoms with van der Waals surface area (Å²) in [6, 6.07) is 0. The average molecular weight is 156 g/mol. The minimum absolute atomic E-state index is 0.346. The van der Waals surface area contributed by atoms with Crippen LogP contribution < -0.4 is 0 Å². The molecule has 0 heterocycles. The van der Waals surface area contributed by atoms with Crippen molar-refractivity contribution in [2.75, 3.05) is 6.61 Å². The predicted molar refractivity (Wildman–Crippen MR) is 49.7 cm³/mol. The number of hydrogen-bond donors (Lipinski definition) is 0. The molecule has 0 saturated heterocycles. The van der Waals surface area contributed by atoms with Crippen molar-refractivity contribution < 1.29 is 4.74 Å². The summed E-state index contributed by atoms with van der Waals surface area (Å²) in [5, 5.41) is 0. The van der Waals surface area contributed by atoms with E-state index in [-0.39, 0.29) is 0 Å². The molecule has 0 aliphatic carbocycles. The van der Waals surface area contributed by atoms with Crippen molar-refractivity contribution in [1.82, 2.24) is 0 Å². The third-order valence-corrected chi connectivity index (χ3v) is 1.30. The molecule has 0 bridgehead atoms. The molecule has 0 spiro atoms. The molecule has 66 valence electrons. The van der Waals surface area contributed by atoms with E-state index in [1.807, 2.05) is 0 Å². The highest BCUT2D eigenvalue weighted by Gasteiger charge is 1.89. The summed E-state index contributed by atoms with van der Waals surface area (Å²) in [5.41, 5.74) is 0. The molecule has 0 atom stereocenters. The van der Waals surface area contributed by atoms with Gasteiger partial charge in [-0.2, -0.15) is 0 Å². The molecule has 0 aromatic carbocycles. The molecule has 1 heteroatoms. The van der Waals surface area contributed by atoms with Gasteiger partial charge in [-0.25, -0.2) is 0 Å². The van der Waals surface area contributed by atoms with Crippen molar-refractivity contribution in [3.63, 3.8) is 0 Å². The zero-order valence-electron chi connectivity index (χ0n) is 8.13. The molecule has 1 nitrogen and oxygen atoms in total. The zero-order valence-corrected chi connectivity index (χ0v) is 8.13. The van der Waals surface area contributed by atoms with Gasteiger partial charge in [-0.05, 0) is 26.2 Å². The summed E-state index contributed by atoms with van der Waals surface area (Å²) >= 11 is 0. The Morgan fingerprint density at radius 3 is 2.18 bits per heavy atom. The molecule has 0 N–H and O–H groups in total. The predicted octanol–water partition coefficient (Wildman–Crippen LogP) is 3.01. The Kier molecular flexibility index (Phi) is 6.24. The first-order valence-electron chi connectivity index (χ1n) is 4.39. The van der Waals surface area contributed by atoms with Crippen molar-refractivity contribution in [3.05, 3.63) is 12.2 Å². The summed E-state index contributed by atoms with van der Waals surface area (Å²) in [6.45, 7) is 9.29. The molecular weight excluding hydrogens is 136 g/mol. The Bertz CT molecular complexity index is 103. The molecular formula is C10H20O. The van der Waals surface area contributed by atoms with E-state index in [0.717, 1.165) is 18.9 Å². The molecule has 0 fully saturated rings. The lowest BCUT2D eigenvalue weighted by molar-refractivity contribution is 0.102. The van der Waals surface area contributed by atoms with Gasteiger partial charge < -0.3 is 4.74 Å². The Morgan fingerprint density at radius 2 is 1.73 bits per heavy atom. The largest absolute Gasteiger partial charge is 0.375 e. The van der Waals surface area contributed by atoms with Crippen LogP contribution in [-0.4, -0.2) is 12.7 Å². The average Bonchev–Trinajstić information content (AvgIpc) is 1.85. The maximum atomic E-state index is 5.34. The monoisotopic (exact) mass is 156 g/mol. The van der Waals surface area contributed by atoms with E-state index < -0.39 is 0 Å². The molecule has 0 amide bonds. The van der Waals surface area contributed by atoms with Gasteiger partial charge in [0.25, 0.3) is 0 Å². The number of ether oxygens (including phenoxy) is 1. The minimum Gasteiger partial charge on any atom is -0.375 e. The molecule has 0 radical (unpaired) electrons. The third kappa shape index (κ3) is 9.70. The SMILES string of the molecule is CC(C)C/C=C/COC(C)C. The first kappa shape index (κ1) is 10.7. The molecule has 0 aromatic heterocycles. The van der Waals surface area contributed by atoms with Crippen molar-refractivity contribution in [3.8, 4) is 0 Å². The Balaban J connectivity index is 3.17. The van der Waals surface area contributed by atoms with Crippen LogP contribution in [0.4, 0.5) is 0 Å². The fraction of sp³-hybridized carbons (Fsp3) is 0.800. The quantitative estimate of drug-likeness (QED) is 0.556. The Hall–Kier alpha value is -0.300. The summed E-state index contributed by atoms with van der Waals surface area (Å²) in [6.07, 6.45) is 5.79. The maximum absolute atomic E-state index is 5.34. The van der Waals surface area contributed by atoms with Crippen LogP contribution in [0.1, 0.15) is 34.1 Å². The lowest BCUT2D eigenvalue weighted by Gasteiger charge is -2.03. The normalized spacial score (nSPS) is 12.2. The topological polar surface area (TPSA) is 9.23 Å². The summed E-state index contributed by atoms with van der Waals surface area (Å²) in [4.78, 5) is 0. The van der Waals surface area contributed by atoms with Crippen LogP contribution in [0.5, 0.6) is 0 Å². The number of hydrogen-bond acceptors (Lipinski definition) is 1. The van der Waals surface area contributed by atoms with E-state index in [9.17, 15) is 0 Å². The smallest absolute Gasteiger partial charge is 0.0650 e. The van der Waals surface area contributed by atoms with Gasteiger partial charge in [-0.15, -0.1) is 0 Å². The highest BCUT2D eigenvalue weighted by atomic mass is 16.5. The second-order valence-electron chi connectivity index (χ2n) is 3.48. The van der Waals surface area contributed by atoms with Crippen molar-refractivity contribution in [2.24, 2.45) is 5.92 Å². The summed E-state index contributed by atoms with van der Waals surface area (Å²) < 4.78 is 5.34. The number of rotatable bonds is 5. The van der Waals surface area contributed by atoms with Gasteiger partial charge in [0.2, 0.25) is 0 Å². The Labute approximate surface area is 70.4 Å². The summed E-state index contributed by atoms with van der Waals surface area (Å²) in [5.74, 6) is 0.755. The molecule has 0 aromatic rings. The molecule has 0 saturated carbocycles. The van der Waals surface area contributed by atoms with Gasteiger partial charge in [0.15, 0.2) is 0 Å². The van der Waals surface area contributed by atoms with Crippen molar-refractivity contribution in [1.29, 1.82) is 0 Å². The first-order chi connectivity index (χ1) is 5.13.